The van der Waals surface area contributed by atoms with Crippen LogP contribution in [0, 0.1) is 5.82 Å². The van der Waals surface area contributed by atoms with E-state index in [2.05, 4.69) is 10.3 Å². The molecule has 0 radical (unpaired) electrons. The van der Waals surface area contributed by atoms with Crippen LogP contribution in [0.1, 0.15) is 47.4 Å². The minimum atomic E-state index is -1.13. The number of anilines is 2. The number of pyridine rings is 1. The molecule has 1 heterocycles. The highest BCUT2D eigenvalue weighted by atomic mass is 19.1. The molecule has 0 saturated carbocycles. The van der Waals surface area contributed by atoms with Gasteiger partial charge in [0.2, 0.25) is 0 Å². The highest BCUT2D eigenvalue weighted by Gasteiger charge is 2.19. The number of carboxylic acids is 1. The monoisotopic (exact) mass is 359 g/mol. The first kappa shape index (κ1) is 19.4. The van der Waals surface area contributed by atoms with E-state index >= 15 is 0 Å². The Kier molecular flexibility index (Phi) is 6.66. The number of amides is 1. The quantitative estimate of drug-likeness (QED) is 0.749. The van der Waals surface area contributed by atoms with Crippen LogP contribution in [0.2, 0.25) is 0 Å². The molecule has 0 aliphatic heterocycles. The van der Waals surface area contributed by atoms with E-state index in [0.29, 0.717) is 18.9 Å². The lowest BCUT2D eigenvalue weighted by molar-refractivity contribution is 0.0696. The van der Waals surface area contributed by atoms with E-state index in [-0.39, 0.29) is 16.8 Å². The fourth-order valence-electron chi connectivity index (χ4n) is 2.64. The number of benzene rings is 1. The third-order valence-corrected chi connectivity index (χ3v) is 3.76. The zero-order valence-electron chi connectivity index (χ0n) is 14.8. The summed E-state index contributed by atoms with van der Waals surface area (Å²) in [6.07, 6.45) is 3.10. The van der Waals surface area contributed by atoms with Crippen LogP contribution in [0.15, 0.2) is 36.5 Å². The summed E-state index contributed by atoms with van der Waals surface area (Å²) in [7, 11) is 0. The van der Waals surface area contributed by atoms with E-state index in [1.807, 2.05) is 18.7 Å². The van der Waals surface area contributed by atoms with Gasteiger partial charge >= 0.3 is 5.97 Å². The van der Waals surface area contributed by atoms with Gasteiger partial charge in [-0.2, -0.15) is 0 Å². The molecule has 0 fully saturated rings. The molecule has 0 aliphatic carbocycles. The molecular formula is C19H22FN3O3. The first-order valence-corrected chi connectivity index (χ1v) is 8.52. The molecule has 26 heavy (non-hydrogen) atoms. The van der Waals surface area contributed by atoms with Gasteiger partial charge in [0.05, 0.1) is 17.4 Å². The zero-order chi connectivity index (χ0) is 19.1. The van der Waals surface area contributed by atoms with Gasteiger partial charge in [-0.3, -0.25) is 4.79 Å². The largest absolute Gasteiger partial charge is 0.478 e. The van der Waals surface area contributed by atoms with Gasteiger partial charge in [-0.1, -0.05) is 26.0 Å². The molecule has 6 nitrogen and oxygen atoms in total. The number of halogens is 1. The zero-order valence-corrected chi connectivity index (χ0v) is 14.8. The van der Waals surface area contributed by atoms with E-state index < -0.39 is 17.7 Å². The van der Waals surface area contributed by atoms with Gasteiger partial charge in [0.1, 0.15) is 17.2 Å². The molecule has 2 aromatic rings. The van der Waals surface area contributed by atoms with Crippen molar-refractivity contribution < 1.29 is 19.1 Å². The second-order valence-electron chi connectivity index (χ2n) is 5.82. The van der Waals surface area contributed by atoms with E-state index in [0.717, 1.165) is 12.8 Å². The van der Waals surface area contributed by atoms with Gasteiger partial charge in [0.15, 0.2) is 0 Å². The van der Waals surface area contributed by atoms with Crippen LogP contribution in [0.3, 0.4) is 0 Å². The molecule has 0 saturated heterocycles. The normalized spacial score (nSPS) is 10.4. The molecule has 1 aromatic carbocycles. The Labute approximate surface area is 151 Å². The van der Waals surface area contributed by atoms with Crippen LogP contribution in [0.25, 0.3) is 0 Å². The molecule has 138 valence electrons. The van der Waals surface area contributed by atoms with Gasteiger partial charge in [0, 0.05) is 13.1 Å². The number of nitrogens with zero attached hydrogens (tertiary/aromatic N) is 2. The Morgan fingerprint density at radius 2 is 1.81 bits per heavy atom. The van der Waals surface area contributed by atoms with Crippen LogP contribution < -0.4 is 10.2 Å². The lowest BCUT2D eigenvalue weighted by Crippen LogP contribution is -2.28. The number of aromatic carboxylic acids is 1. The number of nitrogens with one attached hydrogen (secondary N) is 1. The average molecular weight is 359 g/mol. The molecule has 2 rings (SSSR count). The van der Waals surface area contributed by atoms with Crippen molar-refractivity contribution >= 4 is 23.4 Å². The standard InChI is InChI=1S/C19H22FN3O3/c1-3-9-23(10-4-2)17-15(19(25)26)11-13(12-21-17)22-18(24)14-7-5-6-8-16(14)20/h5-8,11-12H,3-4,9-10H2,1-2H3,(H,22,24)(H,25,26). The van der Waals surface area contributed by atoms with E-state index in [1.165, 1.54) is 30.5 Å². The summed E-state index contributed by atoms with van der Waals surface area (Å²) in [6, 6.07) is 6.93. The second kappa shape index (κ2) is 8.94. The SMILES string of the molecule is CCCN(CCC)c1ncc(NC(=O)c2ccccc2F)cc1C(=O)O. The number of hydrogen-bond acceptors (Lipinski definition) is 4. The second-order valence-corrected chi connectivity index (χ2v) is 5.82. The minimum absolute atomic E-state index is 0.00164. The lowest BCUT2D eigenvalue weighted by Gasteiger charge is -2.24. The number of carbonyl (C=O) groups excluding carboxylic acids is 1. The highest BCUT2D eigenvalue weighted by Crippen LogP contribution is 2.23. The van der Waals surface area contributed by atoms with Crippen molar-refractivity contribution in [3.8, 4) is 0 Å². The fraction of sp³-hybridized carbons (Fsp3) is 0.316. The summed E-state index contributed by atoms with van der Waals surface area (Å²) in [6.45, 7) is 5.38. The first-order chi connectivity index (χ1) is 12.5. The van der Waals surface area contributed by atoms with Gasteiger partial charge in [-0.05, 0) is 31.0 Å². The molecule has 0 unspecified atom stereocenters. The van der Waals surface area contributed by atoms with Crippen molar-refractivity contribution in [2.45, 2.75) is 26.7 Å². The number of aromatic nitrogens is 1. The average Bonchev–Trinajstić information content (AvgIpc) is 2.61. The Morgan fingerprint density at radius 3 is 2.38 bits per heavy atom. The molecule has 1 aromatic heterocycles. The Hall–Kier alpha value is -2.96. The van der Waals surface area contributed by atoms with Crippen LogP contribution in [0.4, 0.5) is 15.9 Å². The Bertz CT molecular complexity index is 789. The molecule has 2 N–H and O–H groups in total. The summed E-state index contributed by atoms with van der Waals surface area (Å²) in [5.41, 5.74) is 0.0811. The maximum Gasteiger partial charge on any atom is 0.339 e. The van der Waals surface area contributed by atoms with Crippen molar-refractivity contribution in [3.63, 3.8) is 0 Å². The summed E-state index contributed by atoms with van der Waals surface area (Å²) in [4.78, 5) is 30.0. The highest BCUT2D eigenvalue weighted by molar-refractivity contribution is 6.05. The molecule has 7 heteroatoms. The Morgan fingerprint density at radius 1 is 1.15 bits per heavy atom. The third-order valence-electron chi connectivity index (χ3n) is 3.76. The summed E-state index contributed by atoms with van der Waals surface area (Å²) < 4.78 is 13.7. The van der Waals surface area contributed by atoms with Crippen LogP contribution in [0.5, 0.6) is 0 Å². The van der Waals surface area contributed by atoms with Crippen molar-refractivity contribution in [3.05, 3.63) is 53.5 Å². The van der Waals surface area contributed by atoms with Crippen LogP contribution in [-0.2, 0) is 0 Å². The van der Waals surface area contributed by atoms with Crippen LogP contribution >= 0.6 is 0 Å². The summed E-state index contributed by atoms with van der Waals surface area (Å²) in [5.74, 6) is -2.07. The number of hydrogen-bond donors (Lipinski definition) is 2. The van der Waals surface area contributed by atoms with Gasteiger partial charge in [-0.25, -0.2) is 14.2 Å². The maximum atomic E-state index is 13.7. The summed E-state index contributed by atoms with van der Waals surface area (Å²) in [5, 5.41) is 12.0. The first-order valence-electron chi connectivity index (χ1n) is 8.52. The lowest BCUT2D eigenvalue weighted by atomic mass is 10.1. The minimum Gasteiger partial charge on any atom is -0.478 e. The fourth-order valence-corrected chi connectivity index (χ4v) is 2.64. The van der Waals surface area contributed by atoms with Crippen molar-refractivity contribution in [1.82, 2.24) is 4.98 Å². The van der Waals surface area contributed by atoms with Gasteiger partial charge in [-0.15, -0.1) is 0 Å². The van der Waals surface area contributed by atoms with E-state index in [4.69, 9.17) is 0 Å². The van der Waals surface area contributed by atoms with Crippen LogP contribution in [-0.4, -0.2) is 35.1 Å². The molecular weight excluding hydrogens is 337 g/mol. The van der Waals surface area contributed by atoms with Crippen molar-refractivity contribution in [2.75, 3.05) is 23.3 Å². The number of carboxylic acid groups (broad SMARTS) is 1. The van der Waals surface area contributed by atoms with Gasteiger partial charge in [0.25, 0.3) is 5.91 Å². The van der Waals surface area contributed by atoms with Crippen molar-refractivity contribution in [1.29, 1.82) is 0 Å². The predicted octanol–water partition coefficient (Wildman–Crippen LogP) is 3.80. The topological polar surface area (TPSA) is 82.5 Å². The number of rotatable bonds is 8. The number of carbonyl (C=O) groups is 2. The Balaban J connectivity index is 2.31. The van der Waals surface area contributed by atoms with E-state index in [1.54, 1.807) is 6.07 Å². The smallest absolute Gasteiger partial charge is 0.339 e. The predicted molar refractivity (Wildman–Crippen MR) is 98.3 cm³/mol. The molecule has 0 aliphatic rings. The molecule has 0 atom stereocenters. The third kappa shape index (κ3) is 4.56. The summed E-state index contributed by atoms with van der Waals surface area (Å²) >= 11 is 0. The molecule has 0 bridgehead atoms. The van der Waals surface area contributed by atoms with Crippen molar-refractivity contribution in [2.24, 2.45) is 0 Å². The van der Waals surface area contributed by atoms with Gasteiger partial charge < -0.3 is 15.3 Å². The molecule has 1 amide bonds. The molecule has 0 spiro atoms. The maximum absolute atomic E-state index is 13.7. The van der Waals surface area contributed by atoms with E-state index in [9.17, 15) is 19.1 Å².